The zero-order valence-corrected chi connectivity index (χ0v) is 12.5. The zero-order valence-electron chi connectivity index (χ0n) is 12.5. The molecule has 1 aliphatic heterocycles. The molecule has 1 aromatic rings. The van der Waals surface area contributed by atoms with Crippen LogP contribution in [0, 0.1) is 0 Å². The van der Waals surface area contributed by atoms with Gasteiger partial charge in [0.15, 0.2) is 0 Å². The number of imide groups is 1. The van der Waals surface area contributed by atoms with Gasteiger partial charge in [-0.05, 0) is 25.5 Å². The number of hydrogen-bond acceptors (Lipinski definition) is 4. The van der Waals surface area contributed by atoms with Crippen molar-refractivity contribution in [3.05, 3.63) is 35.4 Å². The first-order chi connectivity index (χ1) is 10.9. The number of hydrogen-bond donors (Lipinski definition) is 3. The molecule has 0 saturated carbocycles. The highest BCUT2D eigenvalue weighted by molar-refractivity contribution is 6.21. The summed E-state index contributed by atoms with van der Waals surface area (Å²) in [6, 6.07) is 5.00. The number of carboxylic acid groups (broad SMARTS) is 1. The number of carbonyl (C=O) groups is 4. The van der Waals surface area contributed by atoms with Crippen molar-refractivity contribution in [2.24, 2.45) is 0 Å². The Morgan fingerprint density at radius 2 is 1.74 bits per heavy atom. The Labute approximate surface area is 132 Å². The van der Waals surface area contributed by atoms with Crippen LogP contribution in [0.15, 0.2) is 24.3 Å². The van der Waals surface area contributed by atoms with Gasteiger partial charge < -0.3 is 15.7 Å². The van der Waals surface area contributed by atoms with Crippen LogP contribution >= 0.6 is 0 Å². The molecule has 4 amide bonds. The van der Waals surface area contributed by atoms with E-state index in [4.69, 9.17) is 5.11 Å². The lowest BCUT2D eigenvalue weighted by Crippen LogP contribution is -2.45. The van der Waals surface area contributed by atoms with E-state index in [0.29, 0.717) is 17.5 Å². The van der Waals surface area contributed by atoms with Gasteiger partial charge in [0.05, 0.1) is 11.1 Å². The second-order valence-corrected chi connectivity index (χ2v) is 5.12. The van der Waals surface area contributed by atoms with Crippen molar-refractivity contribution in [1.29, 1.82) is 0 Å². The van der Waals surface area contributed by atoms with Gasteiger partial charge in [0.2, 0.25) is 0 Å². The van der Waals surface area contributed by atoms with Crippen LogP contribution in [0.5, 0.6) is 0 Å². The highest BCUT2D eigenvalue weighted by Gasteiger charge is 2.34. The van der Waals surface area contributed by atoms with E-state index in [2.05, 4.69) is 10.6 Å². The molecule has 0 spiro atoms. The number of benzene rings is 1. The first kappa shape index (κ1) is 16.5. The lowest BCUT2D eigenvalue weighted by atomic mass is 10.1. The summed E-state index contributed by atoms with van der Waals surface area (Å²) in [4.78, 5) is 47.4. The van der Waals surface area contributed by atoms with Gasteiger partial charge in [-0.25, -0.2) is 4.79 Å². The van der Waals surface area contributed by atoms with Crippen LogP contribution in [0.25, 0.3) is 0 Å². The van der Waals surface area contributed by atoms with E-state index >= 15 is 0 Å². The van der Waals surface area contributed by atoms with Crippen molar-refractivity contribution in [1.82, 2.24) is 15.5 Å². The summed E-state index contributed by atoms with van der Waals surface area (Å²) >= 11 is 0. The fourth-order valence-electron chi connectivity index (χ4n) is 2.19. The molecule has 1 aliphatic rings. The van der Waals surface area contributed by atoms with E-state index in [0.717, 1.165) is 4.90 Å². The molecule has 0 aromatic heterocycles. The molecule has 0 saturated heterocycles. The van der Waals surface area contributed by atoms with Crippen LogP contribution in [0.2, 0.25) is 0 Å². The van der Waals surface area contributed by atoms with Crippen molar-refractivity contribution < 1.29 is 24.3 Å². The highest BCUT2D eigenvalue weighted by Crippen LogP contribution is 2.22. The average molecular weight is 319 g/mol. The molecule has 0 bridgehead atoms. The smallest absolute Gasteiger partial charge is 0.325 e. The molecular weight excluding hydrogens is 302 g/mol. The predicted molar refractivity (Wildman–Crippen MR) is 80.1 cm³/mol. The summed E-state index contributed by atoms with van der Waals surface area (Å²) in [5, 5.41) is 13.4. The maximum atomic E-state index is 12.1. The maximum absolute atomic E-state index is 12.1. The fourth-order valence-corrected chi connectivity index (χ4v) is 2.19. The van der Waals surface area contributed by atoms with Gasteiger partial charge in [0, 0.05) is 13.1 Å². The largest absolute Gasteiger partial charge is 0.480 e. The lowest BCUT2D eigenvalue weighted by molar-refractivity contribution is -0.138. The quantitative estimate of drug-likeness (QED) is 0.520. The van der Waals surface area contributed by atoms with E-state index in [1.54, 1.807) is 24.3 Å². The van der Waals surface area contributed by atoms with Gasteiger partial charge in [0.25, 0.3) is 11.8 Å². The minimum absolute atomic E-state index is 0.182. The second-order valence-electron chi connectivity index (χ2n) is 5.12. The Morgan fingerprint density at radius 1 is 1.17 bits per heavy atom. The standard InChI is InChI=1S/C15H17N3O5/c1-9(14(21)22)17-15(23)16-7-4-8-18-12(19)10-5-2-3-6-11(10)13(18)20/h2-3,5-6,9H,4,7-8H2,1H3,(H,21,22)(H2,16,17,23). The molecule has 1 aromatic carbocycles. The Kier molecular flexibility index (Phi) is 4.95. The summed E-state index contributed by atoms with van der Waals surface area (Å²) in [6.45, 7) is 1.74. The van der Waals surface area contributed by atoms with Crippen molar-refractivity contribution in [3.63, 3.8) is 0 Å². The predicted octanol–water partition coefficient (Wildman–Crippen LogP) is 0.445. The number of fused-ring (bicyclic) bond motifs is 1. The van der Waals surface area contributed by atoms with Crippen LogP contribution in [0.4, 0.5) is 4.79 Å². The van der Waals surface area contributed by atoms with E-state index in [9.17, 15) is 19.2 Å². The van der Waals surface area contributed by atoms with Crippen molar-refractivity contribution in [3.8, 4) is 0 Å². The molecule has 0 fully saturated rings. The molecule has 0 radical (unpaired) electrons. The number of carboxylic acids is 1. The average Bonchev–Trinajstić information content (AvgIpc) is 2.76. The second kappa shape index (κ2) is 6.91. The number of amides is 4. The Morgan fingerprint density at radius 3 is 2.26 bits per heavy atom. The van der Waals surface area contributed by atoms with Gasteiger partial charge >= 0.3 is 12.0 Å². The monoisotopic (exact) mass is 319 g/mol. The highest BCUT2D eigenvalue weighted by atomic mass is 16.4. The molecule has 1 heterocycles. The van der Waals surface area contributed by atoms with E-state index in [1.807, 2.05) is 0 Å². The summed E-state index contributed by atoms with van der Waals surface area (Å²) < 4.78 is 0. The van der Waals surface area contributed by atoms with Crippen molar-refractivity contribution in [2.45, 2.75) is 19.4 Å². The lowest BCUT2D eigenvalue weighted by Gasteiger charge is -2.14. The topological polar surface area (TPSA) is 116 Å². The van der Waals surface area contributed by atoms with Crippen LogP contribution in [-0.2, 0) is 4.79 Å². The molecule has 0 aliphatic carbocycles. The normalized spacial score (nSPS) is 14.4. The Bertz CT molecular complexity index is 623. The molecule has 122 valence electrons. The van der Waals surface area contributed by atoms with E-state index in [-0.39, 0.29) is 24.9 Å². The number of nitrogens with one attached hydrogen (secondary N) is 2. The van der Waals surface area contributed by atoms with Gasteiger partial charge in [-0.1, -0.05) is 12.1 Å². The van der Waals surface area contributed by atoms with E-state index in [1.165, 1.54) is 6.92 Å². The SMILES string of the molecule is CC(NC(=O)NCCCN1C(=O)c2ccccc2C1=O)C(=O)O. The molecule has 8 heteroatoms. The third-order valence-corrected chi connectivity index (χ3v) is 3.44. The Hall–Kier alpha value is -2.90. The fraction of sp³-hybridized carbons (Fsp3) is 0.333. The molecule has 2 rings (SSSR count). The number of urea groups is 1. The maximum Gasteiger partial charge on any atom is 0.325 e. The van der Waals surface area contributed by atoms with Gasteiger partial charge in [0.1, 0.15) is 6.04 Å². The van der Waals surface area contributed by atoms with Crippen LogP contribution in [-0.4, -0.2) is 53.0 Å². The first-order valence-electron chi connectivity index (χ1n) is 7.14. The summed E-state index contributed by atoms with van der Waals surface area (Å²) in [6.07, 6.45) is 0.375. The van der Waals surface area contributed by atoms with Crippen molar-refractivity contribution in [2.75, 3.05) is 13.1 Å². The third-order valence-electron chi connectivity index (χ3n) is 3.44. The minimum Gasteiger partial charge on any atom is -0.480 e. The molecule has 3 N–H and O–H groups in total. The van der Waals surface area contributed by atoms with Gasteiger partial charge in [-0.2, -0.15) is 0 Å². The molecule has 1 unspecified atom stereocenters. The number of rotatable bonds is 6. The third kappa shape index (κ3) is 3.65. The Balaban J connectivity index is 1.78. The first-order valence-corrected chi connectivity index (χ1v) is 7.14. The number of aliphatic carboxylic acids is 1. The number of nitrogens with zero attached hydrogens (tertiary/aromatic N) is 1. The summed E-state index contributed by atoms with van der Waals surface area (Å²) in [7, 11) is 0. The van der Waals surface area contributed by atoms with Crippen LogP contribution in [0.1, 0.15) is 34.1 Å². The molecular formula is C15H17N3O5. The van der Waals surface area contributed by atoms with Gasteiger partial charge in [-0.3, -0.25) is 19.3 Å². The van der Waals surface area contributed by atoms with Gasteiger partial charge in [-0.15, -0.1) is 0 Å². The minimum atomic E-state index is -1.13. The van der Waals surface area contributed by atoms with Crippen molar-refractivity contribution >= 4 is 23.8 Å². The molecule has 1 atom stereocenters. The zero-order chi connectivity index (χ0) is 17.0. The molecule has 8 nitrogen and oxygen atoms in total. The summed E-state index contributed by atoms with van der Waals surface area (Å²) in [5.41, 5.74) is 0.775. The van der Waals surface area contributed by atoms with E-state index < -0.39 is 18.0 Å². The summed E-state index contributed by atoms with van der Waals surface area (Å²) in [5.74, 6) is -1.81. The molecule has 23 heavy (non-hydrogen) atoms. The number of carbonyl (C=O) groups excluding carboxylic acids is 3. The van der Waals surface area contributed by atoms with Crippen LogP contribution < -0.4 is 10.6 Å². The van der Waals surface area contributed by atoms with Crippen LogP contribution in [0.3, 0.4) is 0 Å².